The van der Waals surface area contributed by atoms with E-state index < -0.39 is 30.8 Å². The third kappa shape index (κ3) is 3.85. The van der Waals surface area contributed by atoms with Crippen molar-refractivity contribution in [2.75, 3.05) is 0 Å². The Bertz CT molecular complexity index is 206. The summed E-state index contributed by atoms with van der Waals surface area (Å²) < 4.78 is 13.7. The summed E-state index contributed by atoms with van der Waals surface area (Å²) in [6, 6.07) is -1.49. The second-order valence-corrected chi connectivity index (χ2v) is 1.63. The Hall–Kier alpha value is -1.10. The molecule has 0 aromatic heterocycles. The minimum atomic E-state index is -2.59. The molecule has 1 atom stereocenters. The van der Waals surface area contributed by atoms with Gasteiger partial charge in [0, 0.05) is 9.11 Å². The van der Waals surface area contributed by atoms with Gasteiger partial charge in [-0.25, -0.2) is 0 Å². The molecule has 5 nitrogen and oxygen atoms in total. The molecule has 0 saturated carbocycles. The van der Waals surface area contributed by atoms with Crippen LogP contribution in [-0.4, -0.2) is 28.2 Å². The molecular formula is C5H9NO4. The normalized spacial score (nSPS) is 16.9. The van der Waals surface area contributed by atoms with E-state index in [2.05, 4.69) is 0 Å². The topological polar surface area (TPSA) is 101 Å². The maximum Gasteiger partial charge on any atom is 0.320 e. The second kappa shape index (κ2) is 3.84. The van der Waals surface area contributed by atoms with E-state index in [0.717, 1.165) is 0 Å². The van der Waals surface area contributed by atoms with Crippen LogP contribution in [0, 0.1) is 0 Å². The SMILES string of the molecule is [2H]C([2H])(C[C@H](N)C(=O)O)C(=O)O. The molecule has 0 rings (SSSR count). The Balaban J connectivity index is 4.24. The monoisotopic (exact) mass is 149 g/mol. The summed E-state index contributed by atoms with van der Waals surface area (Å²) in [6.45, 7) is 0. The molecule has 0 spiro atoms. The fourth-order valence-corrected chi connectivity index (χ4v) is 0.285. The standard InChI is InChI=1S/C5H9NO4/c6-3(5(9)10)1-2-4(7)8/h3H,1-2,6H2,(H,7,8)(H,9,10)/t3-/m0/s1/i2D2. The van der Waals surface area contributed by atoms with E-state index in [4.69, 9.17) is 18.7 Å². The van der Waals surface area contributed by atoms with Crippen LogP contribution in [0.3, 0.4) is 0 Å². The fourth-order valence-electron chi connectivity index (χ4n) is 0.285. The Labute approximate surface area is 60.3 Å². The van der Waals surface area contributed by atoms with Crippen LogP contribution in [0.2, 0.25) is 0 Å². The van der Waals surface area contributed by atoms with Gasteiger partial charge in [0.05, 0.1) is 0 Å². The fraction of sp³-hybridized carbons (Fsp3) is 0.600. The second-order valence-electron chi connectivity index (χ2n) is 1.63. The first-order chi connectivity index (χ1) is 5.27. The quantitative estimate of drug-likeness (QED) is 0.489. The zero-order valence-corrected chi connectivity index (χ0v) is 5.07. The van der Waals surface area contributed by atoms with Gasteiger partial charge in [-0.15, -0.1) is 0 Å². The number of rotatable bonds is 4. The molecule has 0 aromatic carbocycles. The van der Waals surface area contributed by atoms with Crippen LogP contribution >= 0.6 is 0 Å². The van der Waals surface area contributed by atoms with Crippen molar-refractivity contribution in [3.63, 3.8) is 0 Å². The van der Waals surface area contributed by atoms with Gasteiger partial charge in [0.1, 0.15) is 6.04 Å². The van der Waals surface area contributed by atoms with Crippen LogP contribution in [0.5, 0.6) is 0 Å². The molecule has 0 radical (unpaired) electrons. The summed E-state index contributed by atoms with van der Waals surface area (Å²) in [6.07, 6.45) is -3.32. The van der Waals surface area contributed by atoms with Crippen molar-refractivity contribution in [2.24, 2.45) is 5.73 Å². The summed E-state index contributed by atoms with van der Waals surface area (Å²) in [5.41, 5.74) is 4.94. The maximum absolute atomic E-state index is 10.2. The summed E-state index contributed by atoms with van der Waals surface area (Å²) in [7, 11) is 0. The van der Waals surface area contributed by atoms with E-state index in [-0.39, 0.29) is 0 Å². The Kier molecular flexibility index (Phi) is 2.17. The van der Waals surface area contributed by atoms with Crippen LogP contribution in [-0.2, 0) is 9.59 Å². The number of aliphatic carboxylic acids is 2. The van der Waals surface area contributed by atoms with Crippen molar-refractivity contribution in [3.05, 3.63) is 0 Å². The van der Waals surface area contributed by atoms with Crippen molar-refractivity contribution in [2.45, 2.75) is 18.8 Å². The summed E-state index contributed by atoms with van der Waals surface area (Å²) in [5.74, 6) is -3.13. The van der Waals surface area contributed by atoms with Crippen LogP contribution < -0.4 is 5.73 Å². The summed E-state index contributed by atoms with van der Waals surface area (Å²) >= 11 is 0. The molecule has 0 heterocycles. The Morgan fingerprint density at radius 1 is 1.60 bits per heavy atom. The highest BCUT2D eigenvalue weighted by Crippen LogP contribution is 1.93. The predicted molar refractivity (Wildman–Crippen MR) is 32.5 cm³/mol. The minimum Gasteiger partial charge on any atom is -0.481 e. The van der Waals surface area contributed by atoms with E-state index in [1.54, 1.807) is 0 Å². The van der Waals surface area contributed by atoms with E-state index >= 15 is 0 Å². The molecule has 0 aliphatic rings. The van der Waals surface area contributed by atoms with Crippen molar-refractivity contribution >= 4 is 11.9 Å². The van der Waals surface area contributed by atoms with Crippen LogP contribution in [0.4, 0.5) is 0 Å². The lowest BCUT2D eigenvalue weighted by Crippen LogP contribution is -2.30. The van der Waals surface area contributed by atoms with Gasteiger partial charge in [0.2, 0.25) is 0 Å². The highest BCUT2D eigenvalue weighted by molar-refractivity contribution is 5.74. The summed E-state index contributed by atoms with van der Waals surface area (Å²) in [5, 5.41) is 16.5. The van der Waals surface area contributed by atoms with Gasteiger partial charge in [0.15, 0.2) is 0 Å². The first-order valence-electron chi connectivity index (χ1n) is 3.49. The molecule has 0 fully saturated rings. The molecule has 58 valence electrons. The molecule has 5 heteroatoms. The molecule has 0 aliphatic heterocycles. The van der Waals surface area contributed by atoms with E-state index in [0.29, 0.717) is 0 Å². The molecule has 0 saturated heterocycles. The molecule has 10 heavy (non-hydrogen) atoms. The number of carboxylic acid groups (broad SMARTS) is 2. The maximum atomic E-state index is 10.2. The van der Waals surface area contributed by atoms with Gasteiger partial charge in [-0.1, -0.05) is 0 Å². The van der Waals surface area contributed by atoms with E-state index in [1.807, 2.05) is 0 Å². The number of hydrogen-bond donors (Lipinski definition) is 3. The lowest BCUT2D eigenvalue weighted by atomic mass is 10.2. The first-order valence-corrected chi connectivity index (χ1v) is 2.49. The summed E-state index contributed by atoms with van der Waals surface area (Å²) in [4.78, 5) is 20.3. The number of hydrogen-bond acceptors (Lipinski definition) is 3. The molecule has 0 aliphatic carbocycles. The average Bonchev–Trinajstić information content (AvgIpc) is 1.85. The lowest BCUT2D eigenvalue weighted by Gasteiger charge is -2.01. The van der Waals surface area contributed by atoms with Crippen LogP contribution in [0.1, 0.15) is 15.5 Å². The highest BCUT2D eigenvalue weighted by atomic mass is 16.4. The molecule has 0 amide bonds. The zero-order chi connectivity index (χ0) is 9.94. The lowest BCUT2D eigenvalue weighted by molar-refractivity contribution is -0.139. The minimum absolute atomic E-state index is 0.738. The third-order valence-corrected chi connectivity index (χ3v) is 0.790. The van der Waals surface area contributed by atoms with Crippen LogP contribution in [0.25, 0.3) is 0 Å². The zero-order valence-electron chi connectivity index (χ0n) is 7.07. The van der Waals surface area contributed by atoms with Gasteiger partial charge >= 0.3 is 11.9 Å². The Morgan fingerprint density at radius 2 is 2.10 bits per heavy atom. The number of carbonyl (C=O) groups is 2. The molecular weight excluding hydrogens is 138 g/mol. The predicted octanol–water partition coefficient (Wildman–Crippen LogP) is -0.737. The number of nitrogens with two attached hydrogens (primary N) is 1. The number of carboxylic acids is 2. The molecule has 4 N–H and O–H groups in total. The van der Waals surface area contributed by atoms with Crippen molar-refractivity contribution in [1.82, 2.24) is 0 Å². The Morgan fingerprint density at radius 3 is 2.40 bits per heavy atom. The largest absolute Gasteiger partial charge is 0.481 e. The van der Waals surface area contributed by atoms with Crippen molar-refractivity contribution in [3.8, 4) is 0 Å². The van der Waals surface area contributed by atoms with E-state index in [9.17, 15) is 9.59 Å². The van der Waals surface area contributed by atoms with Gasteiger partial charge in [-0.3, -0.25) is 9.59 Å². The molecule has 0 aromatic rings. The van der Waals surface area contributed by atoms with E-state index in [1.165, 1.54) is 0 Å². The molecule has 0 bridgehead atoms. The van der Waals surface area contributed by atoms with Gasteiger partial charge < -0.3 is 15.9 Å². The average molecular weight is 149 g/mol. The van der Waals surface area contributed by atoms with Crippen molar-refractivity contribution in [1.29, 1.82) is 0 Å². The first kappa shape index (κ1) is 5.67. The third-order valence-electron chi connectivity index (χ3n) is 0.790. The smallest absolute Gasteiger partial charge is 0.320 e. The van der Waals surface area contributed by atoms with Gasteiger partial charge in [-0.2, -0.15) is 0 Å². The highest BCUT2D eigenvalue weighted by Gasteiger charge is 2.12. The molecule has 0 unspecified atom stereocenters. The van der Waals surface area contributed by atoms with Crippen molar-refractivity contribution < 1.29 is 22.5 Å². The van der Waals surface area contributed by atoms with Crippen LogP contribution in [0.15, 0.2) is 0 Å². The van der Waals surface area contributed by atoms with Gasteiger partial charge in [0.25, 0.3) is 0 Å². The van der Waals surface area contributed by atoms with Gasteiger partial charge in [-0.05, 0) is 6.42 Å².